The van der Waals surface area contributed by atoms with Gasteiger partial charge in [-0.05, 0) is 34.7 Å². The van der Waals surface area contributed by atoms with Crippen LogP contribution in [0.2, 0.25) is 0 Å². The molecule has 1 aromatic heterocycles. The first-order valence-corrected chi connectivity index (χ1v) is 11.5. The molecule has 3 aromatic rings. The van der Waals surface area contributed by atoms with Crippen LogP contribution in [0.4, 0.5) is 8.78 Å². The lowest BCUT2D eigenvalue weighted by atomic mass is 9.98. The summed E-state index contributed by atoms with van der Waals surface area (Å²) in [5, 5.41) is 4.47. The van der Waals surface area contributed by atoms with Gasteiger partial charge in [0, 0.05) is 7.05 Å². The van der Waals surface area contributed by atoms with E-state index in [2.05, 4.69) is 10.1 Å². The molecular weight excluding hydrogens is 446 g/mol. The number of halogens is 2. The van der Waals surface area contributed by atoms with E-state index in [1.165, 1.54) is 25.2 Å². The Morgan fingerprint density at radius 3 is 2.26 bits per heavy atom. The molecule has 10 heteroatoms. The van der Waals surface area contributed by atoms with Crippen LogP contribution in [0.5, 0.6) is 5.75 Å². The Kier molecular flexibility index (Phi) is 7.37. The van der Waals surface area contributed by atoms with Crippen LogP contribution in [0.25, 0.3) is 0 Å². The van der Waals surface area contributed by atoms with Crippen LogP contribution < -0.4 is 10.1 Å². The zero-order valence-corrected chi connectivity index (χ0v) is 18.1. The standard InChI is InChI=1S/C21H20F2N2O4S2/c1-25(31(27,28)19-8-5-13-30-19)14-18(26)24-20(15-6-3-2-4-7-15)16-9-11-17(12-10-16)29-21(22)23/h2-13,20-21H,14H2,1H3,(H,24,26)/t20-/m1/s1. The van der Waals surface area contributed by atoms with Crippen molar-refractivity contribution in [2.75, 3.05) is 13.6 Å². The fraction of sp³-hybridized carbons (Fsp3) is 0.190. The van der Waals surface area contributed by atoms with Gasteiger partial charge in [-0.2, -0.15) is 13.1 Å². The van der Waals surface area contributed by atoms with Crippen molar-refractivity contribution < 1.29 is 26.7 Å². The van der Waals surface area contributed by atoms with Gasteiger partial charge >= 0.3 is 6.61 Å². The Balaban J connectivity index is 1.78. The second kappa shape index (κ2) is 9.99. The molecule has 0 spiro atoms. The van der Waals surface area contributed by atoms with Crippen molar-refractivity contribution >= 4 is 27.3 Å². The minimum Gasteiger partial charge on any atom is -0.435 e. The third-order valence-corrected chi connectivity index (χ3v) is 7.58. The van der Waals surface area contributed by atoms with Crippen molar-refractivity contribution in [1.82, 2.24) is 9.62 Å². The summed E-state index contributed by atoms with van der Waals surface area (Å²) in [6.45, 7) is -3.31. The highest BCUT2D eigenvalue weighted by molar-refractivity contribution is 7.91. The summed E-state index contributed by atoms with van der Waals surface area (Å²) in [5.41, 5.74) is 1.38. The van der Waals surface area contributed by atoms with Crippen LogP contribution in [-0.2, 0) is 14.8 Å². The second-order valence-corrected chi connectivity index (χ2v) is 9.77. The van der Waals surface area contributed by atoms with Gasteiger partial charge in [0.25, 0.3) is 10.0 Å². The lowest BCUT2D eigenvalue weighted by Crippen LogP contribution is -2.39. The highest BCUT2D eigenvalue weighted by atomic mass is 32.2. The molecule has 1 N–H and O–H groups in total. The van der Waals surface area contributed by atoms with E-state index in [-0.39, 0.29) is 16.5 Å². The first kappa shape index (κ1) is 22.9. The molecule has 1 heterocycles. The lowest BCUT2D eigenvalue weighted by molar-refractivity contribution is -0.121. The molecule has 1 atom stereocenters. The maximum atomic E-state index is 12.7. The fourth-order valence-corrected chi connectivity index (χ4v) is 5.23. The Morgan fingerprint density at radius 1 is 1.03 bits per heavy atom. The van der Waals surface area contributed by atoms with Gasteiger partial charge < -0.3 is 10.1 Å². The smallest absolute Gasteiger partial charge is 0.387 e. The number of nitrogens with one attached hydrogen (secondary N) is 1. The SMILES string of the molecule is CN(CC(=O)N[C@H](c1ccccc1)c1ccc(OC(F)F)cc1)S(=O)(=O)c1cccs1. The number of alkyl halides is 2. The largest absolute Gasteiger partial charge is 0.435 e. The summed E-state index contributed by atoms with van der Waals surface area (Å²) in [4.78, 5) is 12.7. The molecule has 0 fully saturated rings. The number of hydrogen-bond donors (Lipinski definition) is 1. The number of rotatable bonds is 9. The Labute approximate surface area is 183 Å². The molecule has 2 aromatic carbocycles. The number of amides is 1. The van der Waals surface area contributed by atoms with Gasteiger partial charge in [-0.3, -0.25) is 4.79 Å². The molecule has 6 nitrogen and oxygen atoms in total. The van der Waals surface area contributed by atoms with E-state index in [0.717, 1.165) is 21.2 Å². The second-order valence-electron chi connectivity index (χ2n) is 6.55. The van der Waals surface area contributed by atoms with Gasteiger partial charge in [-0.15, -0.1) is 11.3 Å². The third-order valence-electron chi connectivity index (χ3n) is 4.40. The number of likely N-dealkylation sites (N-methyl/N-ethyl adjacent to an activating group) is 1. The molecule has 0 aliphatic rings. The first-order valence-electron chi connectivity index (χ1n) is 9.16. The summed E-state index contributed by atoms with van der Waals surface area (Å²) < 4.78 is 55.4. The summed E-state index contributed by atoms with van der Waals surface area (Å²) in [6.07, 6.45) is 0. The number of nitrogens with zero attached hydrogens (tertiary/aromatic N) is 1. The van der Waals surface area contributed by atoms with Gasteiger partial charge in [-0.25, -0.2) is 8.42 Å². The summed E-state index contributed by atoms with van der Waals surface area (Å²) in [6, 6.07) is 17.4. The average Bonchev–Trinajstić information content (AvgIpc) is 3.29. The van der Waals surface area contributed by atoms with Crippen molar-refractivity contribution in [2.45, 2.75) is 16.9 Å². The molecule has 0 aliphatic heterocycles. The Bertz CT molecular complexity index is 1090. The van der Waals surface area contributed by atoms with E-state index in [0.29, 0.717) is 5.56 Å². The van der Waals surface area contributed by atoms with E-state index >= 15 is 0 Å². The number of sulfonamides is 1. The molecule has 3 rings (SSSR count). The van der Waals surface area contributed by atoms with Crippen LogP contribution in [-0.4, -0.2) is 38.8 Å². The van der Waals surface area contributed by atoms with Crippen molar-refractivity contribution in [1.29, 1.82) is 0 Å². The molecule has 1 amide bonds. The Morgan fingerprint density at radius 2 is 1.68 bits per heavy atom. The predicted molar refractivity (Wildman–Crippen MR) is 114 cm³/mol. The predicted octanol–water partition coefficient (Wildman–Crippen LogP) is 3.88. The summed E-state index contributed by atoms with van der Waals surface area (Å²) in [7, 11) is -2.43. The monoisotopic (exact) mass is 466 g/mol. The van der Waals surface area contributed by atoms with Crippen molar-refractivity contribution in [2.24, 2.45) is 0 Å². The van der Waals surface area contributed by atoms with Crippen molar-refractivity contribution in [3.63, 3.8) is 0 Å². The highest BCUT2D eigenvalue weighted by Crippen LogP contribution is 2.25. The van der Waals surface area contributed by atoms with Crippen LogP contribution in [0.1, 0.15) is 17.2 Å². The summed E-state index contributed by atoms with van der Waals surface area (Å²) in [5.74, 6) is -0.511. The molecule has 164 valence electrons. The van der Waals surface area contributed by atoms with E-state index in [4.69, 9.17) is 0 Å². The maximum absolute atomic E-state index is 12.7. The van der Waals surface area contributed by atoms with Gasteiger partial charge in [0.05, 0.1) is 12.6 Å². The van der Waals surface area contributed by atoms with Crippen LogP contribution in [0.3, 0.4) is 0 Å². The number of hydrogen-bond acceptors (Lipinski definition) is 5. The van der Waals surface area contributed by atoms with E-state index in [1.807, 2.05) is 6.07 Å². The number of thiophene rings is 1. The van der Waals surface area contributed by atoms with Gasteiger partial charge in [0.1, 0.15) is 9.96 Å². The van der Waals surface area contributed by atoms with Crippen molar-refractivity contribution in [3.8, 4) is 5.75 Å². The van der Waals surface area contributed by atoms with Gasteiger partial charge in [0.15, 0.2) is 0 Å². The molecule has 31 heavy (non-hydrogen) atoms. The fourth-order valence-electron chi connectivity index (χ4n) is 2.90. The summed E-state index contributed by atoms with van der Waals surface area (Å²) >= 11 is 1.07. The molecule has 0 saturated carbocycles. The molecule has 0 radical (unpaired) electrons. The number of benzene rings is 2. The van der Waals surface area contributed by atoms with E-state index < -0.39 is 28.6 Å². The van der Waals surface area contributed by atoms with Gasteiger partial charge in [-0.1, -0.05) is 48.5 Å². The minimum atomic E-state index is -3.77. The van der Waals surface area contributed by atoms with Crippen LogP contribution >= 0.6 is 11.3 Å². The number of ether oxygens (including phenoxy) is 1. The minimum absolute atomic E-state index is 0.00124. The maximum Gasteiger partial charge on any atom is 0.387 e. The number of carbonyl (C=O) groups is 1. The molecule has 0 bridgehead atoms. The van der Waals surface area contributed by atoms with Gasteiger partial charge in [0.2, 0.25) is 5.91 Å². The number of carbonyl (C=O) groups excluding carboxylic acids is 1. The Hall–Kier alpha value is -2.82. The average molecular weight is 467 g/mol. The van der Waals surface area contributed by atoms with Crippen LogP contribution in [0, 0.1) is 0 Å². The lowest BCUT2D eigenvalue weighted by Gasteiger charge is -2.22. The molecule has 0 saturated heterocycles. The first-order chi connectivity index (χ1) is 14.8. The van der Waals surface area contributed by atoms with Crippen molar-refractivity contribution in [3.05, 3.63) is 83.2 Å². The highest BCUT2D eigenvalue weighted by Gasteiger charge is 2.25. The molecule has 0 aliphatic carbocycles. The van der Waals surface area contributed by atoms with Crippen LogP contribution in [0.15, 0.2) is 76.3 Å². The zero-order chi connectivity index (χ0) is 22.4. The molecule has 0 unspecified atom stereocenters. The topological polar surface area (TPSA) is 75.7 Å². The normalized spacial score (nSPS) is 12.7. The quantitative estimate of drug-likeness (QED) is 0.519. The third kappa shape index (κ3) is 5.87. The van der Waals surface area contributed by atoms with E-state index in [9.17, 15) is 22.0 Å². The molecular formula is C21H20F2N2O4S2. The van der Waals surface area contributed by atoms with E-state index in [1.54, 1.807) is 47.8 Å². The zero-order valence-electron chi connectivity index (χ0n) is 16.4.